The minimum atomic E-state index is -3.95. The van der Waals surface area contributed by atoms with Gasteiger partial charge in [-0.2, -0.15) is 0 Å². The maximum Gasteiger partial charge on any atom is 0.244 e. The fourth-order valence-corrected chi connectivity index (χ4v) is 4.92. The minimum absolute atomic E-state index is 0.0417. The Morgan fingerprint density at radius 1 is 0.971 bits per heavy atom. The summed E-state index contributed by atoms with van der Waals surface area (Å²) >= 11 is 24.8. The zero-order chi connectivity index (χ0) is 25.8. The third kappa shape index (κ3) is 7.39. The number of nitrogens with zero attached hydrogens (tertiary/aromatic N) is 2. The number of halogens is 4. The fourth-order valence-electron chi connectivity index (χ4n) is 3.11. The highest BCUT2D eigenvalue weighted by Gasteiger charge is 2.31. The Labute approximate surface area is 220 Å². The van der Waals surface area contributed by atoms with Gasteiger partial charge >= 0.3 is 0 Å². The van der Waals surface area contributed by atoms with Crippen LogP contribution in [0.3, 0.4) is 0 Å². The summed E-state index contributed by atoms with van der Waals surface area (Å²) in [4.78, 5) is 27.5. The first-order valence-electron chi connectivity index (χ1n) is 10.2. The fraction of sp³-hybridized carbons (Fsp3) is 0.364. The highest BCUT2D eigenvalue weighted by molar-refractivity contribution is 7.92. The monoisotopic (exact) mass is 567 g/mol. The van der Waals surface area contributed by atoms with Crippen molar-refractivity contribution in [1.82, 2.24) is 10.2 Å². The lowest BCUT2D eigenvalue weighted by Crippen LogP contribution is -2.52. The van der Waals surface area contributed by atoms with Crippen LogP contribution in [0.2, 0.25) is 20.1 Å². The van der Waals surface area contributed by atoms with Gasteiger partial charge in [0.2, 0.25) is 21.8 Å². The molecule has 2 rings (SSSR count). The molecule has 0 saturated carbocycles. The van der Waals surface area contributed by atoms with Crippen molar-refractivity contribution in [3.05, 3.63) is 62.1 Å². The molecule has 1 atom stereocenters. The molecule has 0 heterocycles. The van der Waals surface area contributed by atoms with Crippen LogP contribution >= 0.6 is 46.4 Å². The Morgan fingerprint density at radius 3 is 2.09 bits per heavy atom. The molecular weight excluding hydrogens is 544 g/mol. The van der Waals surface area contributed by atoms with Crippen molar-refractivity contribution in [1.29, 1.82) is 0 Å². The molecule has 12 heteroatoms. The first-order valence-corrected chi connectivity index (χ1v) is 13.5. The van der Waals surface area contributed by atoms with Gasteiger partial charge in [-0.3, -0.25) is 13.9 Å². The van der Waals surface area contributed by atoms with Crippen molar-refractivity contribution < 1.29 is 18.0 Å². The van der Waals surface area contributed by atoms with Crippen LogP contribution in [0.15, 0.2) is 36.4 Å². The molecule has 0 bridgehead atoms. The molecule has 2 amide bonds. The second-order valence-corrected chi connectivity index (χ2v) is 11.5. The summed E-state index contributed by atoms with van der Waals surface area (Å²) in [6.07, 6.45) is 0.946. The molecule has 2 aromatic rings. The number of hydrogen-bond acceptors (Lipinski definition) is 4. The number of amides is 2. The topological polar surface area (TPSA) is 86.8 Å². The first kappa shape index (κ1) is 28.5. The SMILES string of the molecule is CC(C)NC(=O)[C@H](C)N(Cc1c(Cl)cccc1Cl)C(=O)CN(c1cc(Cl)ccc1Cl)S(C)(=O)=O. The summed E-state index contributed by atoms with van der Waals surface area (Å²) in [5.74, 6) is -1.08. The Kier molecular flexibility index (Phi) is 9.91. The molecule has 0 aliphatic rings. The van der Waals surface area contributed by atoms with Crippen molar-refractivity contribution in [2.24, 2.45) is 0 Å². The molecule has 2 aromatic carbocycles. The van der Waals surface area contributed by atoms with Gasteiger partial charge in [0.1, 0.15) is 12.6 Å². The summed E-state index contributed by atoms with van der Waals surface area (Å²) in [5, 5.41) is 3.70. The molecule has 0 saturated heterocycles. The molecule has 0 aliphatic heterocycles. The number of anilines is 1. The maximum atomic E-state index is 13.5. The first-order chi connectivity index (χ1) is 15.7. The van der Waals surface area contributed by atoms with E-state index in [0.717, 1.165) is 10.6 Å². The molecule has 34 heavy (non-hydrogen) atoms. The Bertz CT molecular complexity index is 1150. The van der Waals surface area contributed by atoms with Gasteiger partial charge in [-0.15, -0.1) is 0 Å². The number of benzene rings is 2. The molecule has 0 aliphatic carbocycles. The third-order valence-electron chi connectivity index (χ3n) is 4.84. The lowest BCUT2D eigenvalue weighted by atomic mass is 10.1. The van der Waals surface area contributed by atoms with Crippen LogP contribution in [0.1, 0.15) is 26.3 Å². The second-order valence-electron chi connectivity index (χ2n) is 7.93. The summed E-state index contributed by atoms with van der Waals surface area (Å²) in [6.45, 7) is 4.37. The largest absolute Gasteiger partial charge is 0.352 e. The highest BCUT2D eigenvalue weighted by Crippen LogP contribution is 2.31. The summed E-state index contributed by atoms with van der Waals surface area (Å²) in [5.41, 5.74) is 0.468. The number of carbonyl (C=O) groups excluding carboxylic acids is 2. The van der Waals surface area contributed by atoms with Crippen LogP contribution in [0.4, 0.5) is 5.69 Å². The lowest BCUT2D eigenvalue weighted by Gasteiger charge is -2.32. The predicted octanol–water partition coefficient (Wildman–Crippen LogP) is 5.01. The van der Waals surface area contributed by atoms with Gasteiger partial charge < -0.3 is 10.2 Å². The standard InChI is InChI=1S/C22H25Cl4N3O4S/c1-13(2)27-22(31)14(3)28(11-16-17(24)6-5-7-18(16)25)21(30)12-29(34(4,32)33)20-10-15(23)8-9-19(20)26/h5-10,13-14H,11-12H2,1-4H3,(H,27,31)/t14-/m0/s1. The van der Waals surface area contributed by atoms with Crippen molar-refractivity contribution in [3.8, 4) is 0 Å². The maximum absolute atomic E-state index is 13.5. The minimum Gasteiger partial charge on any atom is -0.352 e. The number of sulfonamides is 1. The van der Waals surface area contributed by atoms with Crippen molar-refractivity contribution in [2.75, 3.05) is 17.1 Å². The lowest BCUT2D eigenvalue weighted by molar-refractivity contribution is -0.139. The van der Waals surface area contributed by atoms with E-state index in [1.807, 2.05) is 0 Å². The third-order valence-corrected chi connectivity index (χ3v) is 7.23. The number of carbonyl (C=O) groups is 2. The predicted molar refractivity (Wildman–Crippen MR) is 138 cm³/mol. The average molecular weight is 569 g/mol. The molecule has 0 aromatic heterocycles. The van der Waals surface area contributed by atoms with E-state index in [1.165, 1.54) is 30.0 Å². The van der Waals surface area contributed by atoms with Crippen LogP contribution in [-0.2, 0) is 26.2 Å². The number of rotatable bonds is 9. The highest BCUT2D eigenvalue weighted by atomic mass is 35.5. The quantitative estimate of drug-likeness (QED) is 0.461. The molecule has 0 spiro atoms. The van der Waals surface area contributed by atoms with Gasteiger partial charge in [0.05, 0.1) is 17.0 Å². The van der Waals surface area contributed by atoms with Crippen LogP contribution in [0.5, 0.6) is 0 Å². The van der Waals surface area contributed by atoms with E-state index in [-0.39, 0.29) is 28.3 Å². The van der Waals surface area contributed by atoms with Gasteiger partial charge in [-0.1, -0.05) is 52.5 Å². The zero-order valence-electron chi connectivity index (χ0n) is 19.0. The summed E-state index contributed by atoms with van der Waals surface area (Å²) in [7, 11) is -3.95. The Hall–Kier alpha value is -1.71. The van der Waals surface area contributed by atoms with Gasteiger partial charge in [0.15, 0.2) is 0 Å². The van der Waals surface area contributed by atoms with Gasteiger partial charge in [0, 0.05) is 33.2 Å². The number of hydrogen-bond donors (Lipinski definition) is 1. The van der Waals surface area contributed by atoms with Crippen LogP contribution in [0.25, 0.3) is 0 Å². The van der Waals surface area contributed by atoms with Crippen LogP contribution < -0.4 is 9.62 Å². The van der Waals surface area contributed by atoms with E-state index in [9.17, 15) is 18.0 Å². The molecular formula is C22H25Cl4N3O4S. The van der Waals surface area contributed by atoms with E-state index in [2.05, 4.69) is 5.32 Å². The Morgan fingerprint density at radius 2 is 1.56 bits per heavy atom. The molecule has 0 unspecified atom stereocenters. The number of nitrogens with one attached hydrogen (secondary N) is 1. The van der Waals surface area contributed by atoms with E-state index in [1.54, 1.807) is 32.0 Å². The molecule has 0 fully saturated rings. The van der Waals surface area contributed by atoms with E-state index in [0.29, 0.717) is 15.6 Å². The normalized spacial score (nSPS) is 12.4. The summed E-state index contributed by atoms with van der Waals surface area (Å²) < 4.78 is 26.0. The average Bonchev–Trinajstić information content (AvgIpc) is 2.72. The molecule has 186 valence electrons. The smallest absolute Gasteiger partial charge is 0.244 e. The van der Waals surface area contributed by atoms with E-state index < -0.39 is 34.4 Å². The van der Waals surface area contributed by atoms with Gasteiger partial charge in [-0.25, -0.2) is 8.42 Å². The van der Waals surface area contributed by atoms with Crippen molar-refractivity contribution in [2.45, 2.75) is 39.4 Å². The zero-order valence-corrected chi connectivity index (χ0v) is 22.8. The van der Waals surface area contributed by atoms with Crippen LogP contribution in [-0.4, -0.2) is 50.0 Å². The Balaban J connectivity index is 2.50. The van der Waals surface area contributed by atoms with Crippen molar-refractivity contribution in [3.63, 3.8) is 0 Å². The van der Waals surface area contributed by atoms with Crippen LogP contribution in [0, 0.1) is 0 Å². The van der Waals surface area contributed by atoms with Gasteiger partial charge in [0.25, 0.3) is 0 Å². The second kappa shape index (κ2) is 11.8. The molecule has 1 N–H and O–H groups in total. The van der Waals surface area contributed by atoms with E-state index in [4.69, 9.17) is 46.4 Å². The van der Waals surface area contributed by atoms with E-state index >= 15 is 0 Å². The molecule has 7 nitrogen and oxygen atoms in total. The van der Waals surface area contributed by atoms with Gasteiger partial charge in [-0.05, 0) is 51.1 Å². The van der Waals surface area contributed by atoms with Crippen molar-refractivity contribution >= 4 is 73.9 Å². The summed E-state index contributed by atoms with van der Waals surface area (Å²) in [6, 6.07) is 8.02. The molecule has 0 radical (unpaired) electrons.